The fourth-order valence-electron chi connectivity index (χ4n) is 2.36. The van der Waals surface area contributed by atoms with E-state index in [1.54, 1.807) is 24.3 Å². The maximum atomic E-state index is 12.1. The number of rotatable bonds is 3. The lowest BCUT2D eigenvalue weighted by molar-refractivity contribution is 0.0955. The highest BCUT2D eigenvalue weighted by molar-refractivity contribution is 6.03. The van der Waals surface area contributed by atoms with Crippen LogP contribution in [0.25, 0.3) is 10.8 Å². The van der Waals surface area contributed by atoms with E-state index in [9.17, 15) is 4.79 Å². The third-order valence-corrected chi connectivity index (χ3v) is 3.64. The largest absolute Gasteiger partial charge is 0.399 e. The SMILES string of the molecule is CC(=NNC(=O)c1cccc(N)c1)c1ccc2ccccc2c1. The summed E-state index contributed by atoms with van der Waals surface area (Å²) in [6.45, 7) is 1.86. The fourth-order valence-corrected chi connectivity index (χ4v) is 2.36. The average Bonchev–Trinajstić information content (AvgIpc) is 2.59. The fraction of sp³-hybridized carbons (Fsp3) is 0.0526. The van der Waals surface area contributed by atoms with Gasteiger partial charge in [0.05, 0.1) is 5.71 Å². The number of amides is 1. The zero-order valence-corrected chi connectivity index (χ0v) is 12.8. The molecule has 0 radical (unpaired) electrons. The van der Waals surface area contributed by atoms with Gasteiger partial charge in [-0.25, -0.2) is 5.43 Å². The quantitative estimate of drug-likeness (QED) is 0.441. The minimum absolute atomic E-state index is 0.280. The van der Waals surface area contributed by atoms with Gasteiger partial charge in [0.1, 0.15) is 0 Å². The lowest BCUT2D eigenvalue weighted by Crippen LogP contribution is -2.19. The second-order valence-corrected chi connectivity index (χ2v) is 5.33. The van der Waals surface area contributed by atoms with Gasteiger partial charge in [0.2, 0.25) is 0 Å². The Balaban J connectivity index is 1.79. The number of benzene rings is 3. The Morgan fingerprint density at radius 3 is 2.48 bits per heavy atom. The lowest BCUT2D eigenvalue weighted by Gasteiger charge is -2.05. The van der Waals surface area contributed by atoms with E-state index in [0.29, 0.717) is 11.3 Å². The molecule has 3 aromatic rings. The first-order chi connectivity index (χ1) is 11.1. The summed E-state index contributed by atoms with van der Waals surface area (Å²) in [5.74, 6) is -0.280. The van der Waals surface area contributed by atoms with Crippen molar-refractivity contribution in [3.8, 4) is 0 Å². The number of nitrogens with one attached hydrogen (secondary N) is 1. The molecule has 0 heterocycles. The second-order valence-electron chi connectivity index (χ2n) is 5.33. The first-order valence-corrected chi connectivity index (χ1v) is 7.33. The van der Waals surface area contributed by atoms with Gasteiger partial charge in [0, 0.05) is 11.3 Å². The van der Waals surface area contributed by atoms with Crippen molar-refractivity contribution in [2.45, 2.75) is 6.92 Å². The molecule has 0 saturated heterocycles. The van der Waals surface area contributed by atoms with Gasteiger partial charge in [-0.05, 0) is 47.5 Å². The maximum absolute atomic E-state index is 12.1. The van der Waals surface area contributed by atoms with Crippen molar-refractivity contribution in [3.05, 3.63) is 77.9 Å². The number of fused-ring (bicyclic) bond motifs is 1. The van der Waals surface area contributed by atoms with E-state index in [2.05, 4.69) is 28.7 Å². The van der Waals surface area contributed by atoms with Crippen molar-refractivity contribution in [3.63, 3.8) is 0 Å². The molecule has 0 aliphatic heterocycles. The molecule has 23 heavy (non-hydrogen) atoms. The molecule has 0 atom stereocenters. The maximum Gasteiger partial charge on any atom is 0.271 e. The van der Waals surface area contributed by atoms with Gasteiger partial charge in [-0.1, -0.05) is 42.5 Å². The number of nitrogen functional groups attached to an aromatic ring is 1. The molecule has 0 spiro atoms. The Morgan fingerprint density at radius 1 is 0.913 bits per heavy atom. The molecule has 0 aliphatic rings. The number of hydrogen-bond acceptors (Lipinski definition) is 3. The predicted molar refractivity (Wildman–Crippen MR) is 94.5 cm³/mol. The van der Waals surface area contributed by atoms with Gasteiger partial charge in [-0.2, -0.15) is 5.10 Å². The number of hydrazone groups is 1. The van der Waals surface area contributed by atoms with E-state index >= 15 is 0 Å². The van der Waals surface area contributed by atoms with Crippen LogP contribution < -0.4 is 11.2 Å². The topological polar surface area (TPSA) is 67.5 Å². The zero-order chi connectivity index (χ0) is 16.2. The Kier molecular flexibility index (Phi) is 4.06. The molecule has 4 heteroatoms. The second kappa shape index (κ2) is 6.32. The van der Waals surface area contributed by atoms with E-state index in [1.165, 1.54) is 5.39 Å². The monoisotopic (exact) mass is 303 g/mol. The normalized spacial score (nSPS) is 11.4. The summed E-state index contributed by atoms with van der Waals surface area (Å²) in [6.07, 6.45) is 0. The third-order valence-electron chi connectivity index (χ3n) is 3.64. The third kappa shape index (κ3) is 3.37. The molecule has 114 valence electrons. The van der Waals surface area contributed by atoms with Crippen LogP contribution in [0.3, 0.4) is 0 Å². The van der Waals surface area contributed by atoms with Crippen LogP contribution in [0.2, 0.25) is 0 Å². The van der Waals surface area contributed by atoms with Crippen LogP contribution in [-0.4, -0.2) is 11.6 Å². The number of nitrogens with two attached hydrogens (primary N) is 1. The summed E-state index contributed by atoms with van der Waals surface area (Å²) in [5.41, 5.74) is 11.0. The molecule has 0 fully saturated rings. The van der Waals surface area contributed by atoms with Crippen LogP contribution in [0, 0.1) is 0 Å². The molecule has 0 unspecified atom stereocenters. The Hall–Kier alpha value is -3.14. The highest BCUT2D eigenvalue weighted by Gasteiger charge is 2.05. The number of carbonyl (C=O) groups excluding carboxylic acids is 1. The minimum Gasteiger partial charge on any atom is -0.399 e. The summed E-state index contributed by atoms with van der Waals surface area (Å²) >= 11 is 0. The van der Waals surface area contributed by atoms with Crippen LogP contribution in [0.4, 0.5) is 5.69 Å². The first-order valence-electron chi connectivity index (χ1n) is 7.33. The molecule has 0 aliphatic carbocycles. The van der Waals surface area contributed by atoms with Crippen molar-refractivity contribution >= 4 is 28.1 Å². The Bertz CT molecular complexity index is 900. The Labute approximate surface area is 134 Å². The molecule has 3 rings (SSSR count). The van der Waals surface area contributed by atoms with Gasteiger partial charge < -0.3 is 5.73 Å². The van der Waals surface area contributed by atoms with Crippen LogP contribution in [0.15, 0.2) is 71.8 Å². The summed E-state index contributed by atoms with van der Waals surface area (Å²) in [4.78, 5) is 12.1. The average molecular weight is 303 g/mol. The van der Waals surface area contributed by atoms with Crippen LogP contribution in [0.5, 0.6) is 0 Å². The number of carbonyl (C=O) groups is 1. The van der Waals surface area contributed by atoms with Crippen molar-refractivity contribution in [1.29, 1.82) is 0 Å². The van der Waals surface area contributed by atoms with E-state index in [-0.39, 0.29) is 5.91 Å². The van der Waals surface area contributed by atoms with E-state index in [1.807, 2.05) is 31.2 Å². The van der Waals surface area contributed by atoms with Gasteiger partial charge in [-0.3, -0.25) is 4.79 Å². The number of nitrogens with zero attached hydrogens (tertiary/aromatic N) is 1. The molecular weight excluding hydrogens is 286 g/mol. The van der Waals surface area contributed by atoms with Crippen LogP contribution >= 0.6 is 0 Å². The van der Waals surface area contributed by atoms with Crippen molar-refractivity contribution in [2.24, 2.45) is 5.10 Å². The molecule has 4 nitrogen and oxygen atoms in total. The molecule has 0 aromatic heterocycles. The number of anilines is 1. The van der Waals surface area contributed by atoms with E-state index in [0.717, 1.165) is 16.7 Å². The highest BCUT2D eigenvalue weighted by atomic mass is 16.2. The Morgan fingerprint density at radius 2 is 1.70 bits per heavy atom. The summed E-state index contributed by atoms with van der Waals surface area (Å²) in [5, 5.41) is 6.50. The van der Waals surface area contributed by atoms with E-state index in [4.69, 9.17) is 5.73 Å². The van der Waals surface area contributed by atoms with Gasteiger partial charge in [0.15, 0.2) is 0 Å². The van der Waals surface area contributed by atoms with Gasteiger partial charge >= 0.3 is 0 Å². The standard InChI is InChI=1S/C19H17N3O/c1-13(15-10-9-14-5-2-3-6-16(14)11-15)21-22-19(23)17-7-4-8-18(20)12-17/h2-12H,20H2,1H3,(H,22,23). The smallest absolute Gasteiger partial charge is 0.271 e. The van der Waals surface area contributed by atoms with E-state index < -0.39 is 0 Å². The van der Waals surface area contributed by atoms with Gasteiger partial charge in [-0.15, -0.1) is 0 Å². The van der Waals surface area contributed by atoms with Crippen LogP contribution in [0.1, 0.15) is 22.8 Å². The van der Waals surface area contributed by atoms with Crippen LogP contribution in [-0.2, 0) is 0 Å². The van der Waals surface area contributed by atoms with Crippen molar-refractivity contribution in [2.75, 3.05) is 5.73 Å². The molecule has 1 amide bonds. The zero-order valence-electron chi connectivity index (χ0n) is 12.8. The summed E-state index contributed by atoms with van der Waals surface area (Å²) in [7, 11) is 0. The molecule has 3 aromatic carbocycles. The lowest BCUT2D eigenvalue weighted by atomic mass is 10.0. The molecule has 0 saturated carbocycles. The summed E-state index contributed by atoms with van der Waals surface area (Å²) < 4.78 is 0. The highest BCUT2D eigenvalue weighted by Crippen LogP contribution is 2.16. The van der Waals surface area contributed by atoms with Crippen molar-refractivity contribution < 1.29 is 4.79 Å². The van der Waals surface area contributed by atoms with Crippen molar-refractivity contribution in [1.82, 2.24) is 5.43 Å². The molecular formula is C19H17N3O. The molecule has 3 N–H and O–H groups in total. The predicted octanol–water partition coefficient (Wildman–Crippen LogP) is 3.58. The van der Waals surface area contributed by atoms with Gasteiger partial charge in [0.25, 0.3) is 5.91 Å². The number of hydrogen-bond donors (Lipinski definition) is 2. The molecule has 0 bridgehead atoms. The minimum atomic E-state index is -0.280. The summed E-state index contributed by atoms with van der Waals surface area (Å²) in [6, 6.07) is 21.0. The first kappa shape index (κ1) is 14.8.